The lowest BCUT2D eigenvalue weighted by Gasteiger charge is -2.36. The number of rotatable bonds is 4. The molecule has 18 heavy (non-hydrogen) atoms. The second-order valence-electron chi connectivity index (χ2n) is 4.32. The topological polar surface area (TPSA) is 24.9 Å². The van der Waals surface area contributed by atoms with Gasteiger partial charge in [-0.3, -0.25) is 4.98 Å². The molecule has 1 saturated heterocycles. The first-order valence-electron chi connectivity index (χ1n) is 6.27. The zero-order valence-corrected chi connectivity index (χ0v) is 12.4. The van der Waals surface area contributed by atoms with Gasteiger partial charge in [0.15, 0.2) is 0 Å². The molecule has 100 valence electrons. The second kappa shape index (κ2) is 6.78. The van der Waals surface area contributed by atoms with Crippen molar-refractivity contribution >= 4 is 23.5 Å². The van der Waals surface area contributed by atoms with E-state index in [-0.39, 0.29) is 11.9 Å². The zero-order chi connectivity index (χ0) is 13.0. The fraction of sp³-hybridized carbons (Fsp3) is 0.615. The Morgan fingerprint density at radius 3 is 2.94 bits per heavy atom. The molecule has 1 fully saturated rings. The number of pyridine rings is 1. The van der Waals surface area contributed by atoms with Crippen LogP contribution in [-0.4, -0.2) is 34.0 Å². The highest BCUT2D eigenvalue weighted by molar-refractivity contribution is 8.07. The van der Waals surface area contributed by atoms with Gasteiger partial charge in [-0.1, -0.05) is 6.92 Å². The van der Waals surface area contributed by atoms with Gasteiger partial charge in [0.05, 0.1) is 6.20 Å². The van der Waals surface area contributed by atoms with Crippen molar-refractivity contribution in [2.75, 3.05) is 18.6 Å². The van der Waals surface area contributed by atoms with Gasteiger partial charge in [-0.2, -0.15) is 23.5 Å². The van der Waals surface area contributed by atoms with E-state index in [1.807, 2.05) is 30.6 Å². The SMILES string of the molecule is CCC1SCCSC1C(NC)c1ccncc1F. The number of aromatic nitrogens is 1. The fourth-order valence-corrected chi connectivity index (χ4v) is 5.66. The summed E-state index contributed by atoms with van der Waals surface area (Å²) in [5, 5.41) is 4.31. The van der Waals surface area contributed by atoms with Crippen LogP contribution in [0.5, 0.6) is 0 Å². The van der Waals surface area contributed by atoms with Crippen LogP contribution in [0.4, 0.5) is 4.39 Å². The van der Waals surface area contributed by atoms with Crippen LogP contribution in [0.3, 0.4) is 0 Å². The Kier molecular flexibility index (Phi) is 5.33. The van der Waals surface area contributed by atoms with Crippen LogP contribution in [0.25, 0.3) is 0 Å². The summed E-state index contributed by atoms with van der Waals surface area (Å²) in [5.74, 6) is 2.15. The number of thioether (sulfide) groups is 2. The molecule has 3 unspecified atom stereocenters. The van der Waals surface area contributed by atoms with E-state index in [1.54, 1.807) is 12.3 Å². The molecule has 2 rings (SSSR count). The number of hydrogen-bond acceptors (Lipinski definition) is 4. The van der Waals surface area contributed by atoms with Gasteiger partial charge in [0, 0.05) is 39.8 Å². The minimum Gasteiger partial charge on any atom is -0.312 e. The first kappa shape index (κ1) is 14.2. The molecular formula is C13H19FN2S2. The summed E-state index contributed by atoms with van der Waals surface area (Å²) >= 11 is 3.98. The summed E-state index contributed by atoms with van der Waals surface area (Å²) < 4.78 is 13.9. The summed E-state index contributed by atoms with van der Waals surface area (Å²) in [5.41, 5.74) is 0.742. The van der Waals surface area contributed by atoms with Gasteiger partial charge < -0.3 is 5.32 Å². The average molecular weight is 286 g/mol. The predicted octanol–water partition coefficient (Wildman–Crippen LogP) is 3.11. The third kappa shape index (κ3) is 3.00. The van der Waals surface area contributed by atoms with Crippen molar-refractivity contribution in [3.8, 4) is 0 Å². The maximum Gasteiger partial charge on any atom is 0.146 e. The smallest absolute Gasteiger partial charge is 0.146 e. The Labute approximate surface area is 117 Å². The second-order valence-corrected chi connectivity index (χ2v) is 6.95. The summed E-state index contributed by atoms with van der Waals surface area (Å²) in [6.07, 6.45) is 4.11. The van der Waals surface area contributed by atoms with E-state index in [9.17, 15) is 4.39 Å². The Morgan fingerprint density at radius 2 is 2.28 bits per heavy atom. The van der Waals surface area contributed by atoms with Gasteiger partial charge in [0.25, 0.3) is 0 Å². The highest BCUT2D eigenvalue weighted by atomic mass is 32.2. The van der Waals surface area contributed by atoms with E-state index in [0.29, 0.717) is 10.5 Å². The monoisotopic (exact) mass is 286 g/mol. The minimum absolute atomic E-state index is 0.0655. The highest BCUT2D eigenvalue weighted by Crippen LogP contribution is 2.40. The summed E-state index contributed by atoms with van der Waals surface area (Å²) in [4.78, 5) is 3.83. The van der Waals surface area contributed by atoms with E-state index >= 15 is 0 Å². The van der Waals surface area contributed by atoms with E-state index in [0.717, 1.165) is 17.7 Å². The average Bonchev–Trinajstić information content (AvgIpc) is 2.42. The van der Waals surface area contributed by atoms with Crippen molar-refractivity contribution in [2.24, 2.45) is 0 Å². The van der Waals surface area contributed by atoms with Gasteiger partial charge in [0.1, 0.15) is 5.82 Å². The Hall–Kier alpha value is -0.260. The molecule has 0 amide bonds. The van der Waals surface area contributed by atoms with Crippen molar-refractivity contribution in [1.82, 2.24) is 10.3 Å². The number of nitrogens with zero attached hydrogens (tertiary/aromatic N) is 1. The number of halogens is 1. The number of nitrogens with one attached hydrogen (secondary N) is 1. The van der Waals surface area contributed by atoms with Crippen LogP contribution in [0.2, 0.25) is 0 Å². The van der Waals surface area contributed by atoms with Gasteiger partial charge >= 0.3 is 0 Å². The molecule has 2 nitrogen and oxygen atoms in total. The largest absolute Gasteiger partial charge is 0.312 e. The van der Waals surface area contributed by atoms with Crippen molar-refractivity contribution in [1.29, 1.82) is 0 Å². The molecule has 0 bridgehead atoms. The zero-order valence-electron chi connectivity index (χ0n) is 10.7. The quantitative estimate of drug-likeness (QED) is 0.919. The summed E-state index contributed by atoms with van der Waals surface area (Å²) in [6.45, 7) is 2.21. The Bertz CT molecular complexity index is 389. The molecule has 3 atom stereocenters. The van der Waals surface area contributed by atoms with Crippen molar-refractivity contribution in [3.63, 3.8) is 0 Å². The van der Waals surface area contributed by atoms with Crippen LogP contribution in [0.1, 0.15) is 24.9 Å². The first-order valence-corrected chi connectivity index (χ1v) is 8.37. The molecule has 1 aliphatic heterocycles. The molecule has 5 heteroatoms. The van der Waals surface area contributed by atoms with Gasteiger partial charge in [-0.25, -0.2) is 4.39 Å². The highest BCUT2D eigenvalue weighted by Gasteiger charge is 2.33. The maximum absolute atomic E-state index is 13.9. The molecule has 0 aliphatic carbocycles. The molecule has 0 spiro atoms. The van der Waals surface area contributed by atoms with Crippen LogP contribution in [-0.2, 0) is 0 Å². The number of hydrogen-bond donors (Lipinski definition) is 1. The molecule has 1 N–H and O–H groups in total. The Morgan fingerprint density at radius 1 is 1.50 bits per heavy atom. The van der Waals surface area contributed by atoms with Crippen LogP contribution in [0, 0.1) is 5.82 Å². The van der Waals surface area contributed by atoms with E-state index in [4.69, 9.17) is 0 Å². The summed E-state index contributed by atoms with van der Waals surface area (Å²) in [7, 11) is 1.91. The molecule has 0 aromatic carbocycles. The third-order valence-electron chi connectivity index (χ3n) is 3.27. The van der Waals surface area contributed by atoms with E-state index in [1.165, 1.54) is 11.9 Å². The maximum atomic E-state index is 13.9. The summed E-state index contributed by atoms with van der Waals surface area (Å²) in [6, 6.07) is 1.86. The molecule has 0 saturated carbocycles. The van der Waals surface area contributed by atoms with Crippen LogP contribution >= 0.6 is 23.5 Å². The van der Waals surface area contributed by atoms with E-state index in [2.05, 4.69) is 17.2 Å². The third-order valence-corrected chi connectivity index (χ3v) is 6.62. The Balaban J connectivity index is 2.24. The van der Waals surface area contributed by atoms with Crippen LogP contribution < -0.4 is 5.32 Å². The fourth-order valence-electron chi connectivity index (χ4n) is 2.38. The lowest BCUT2D eigenvalue weighted by Crippen LogP contribution is -2.37. The minimum atomic E-state index is -0.206. The van der Waals surface area contributed by atoms with Crippen molar-refractivity contribution in [2.45, 2.75) is 29.9 Å². The van der Waals surface area contributed by atoms with Gasteiger partial charge in [-0.15, -0.1) is 0 Å². The van der Waals surface area contributed by atoms with Crippen molar-refractivity contribution < 1.29 is 4.39 Å². The predicted molar refractivity (Wildman–Crippen MR) is 78.8 cm³/mol. The molecule has 0 radical (unpaired) electrons. The standard InChI is InChI=1S/C13H19FN2S2/c1-3-11-13(18-7-6-17-11)12(15-2)9-4-5-16-8-10(9)14/h4-5,8,11-13,15H,3,6-7H2,1-2H3. The molecule has 1 aromatic heterocycles. The lowest BCUT2D eigenvalue weighted by molar-refractivity contribution is 0.504. The first-order chi connectivity index (χ1) is 8.77. The molecular weight excluding hydrogens is 267 g/mol. The van der Waals surface area contributed by atoms with Gasteiger partial charge in [0.2, 0.25) is 0 Å². The lowest BCUT2D eigenvalue weighted by atomic mass is 10.0. The van der Waals surface area contributed by atoms with Crippen molar-refractivity contribution in [3.05, 3.63) is 29.8 Å². The normalized spacial score (nSPS) is 25.9. The van der Waals surface area contributed by atoms with Gasteiger partial charge in [-0.05, 0) is 19.5 Å². The molecule has 1 aliphatic rings. The molecule has 1 aromatic rings. The van der Waals surface area contributed by atoms with E-state index < -0.39 is 0 Å². The van der Waals surface area contributed by atoms with Crippen LogP contribution in [0.15, 0.2) is 18.5 Å². The molecule has 2 heterocycles.